The first kappa shape index (κ1) is 29.5. The summed E-state index contributed by atoms with van der Waals surface area (Å²) in [5, 5.41) is 7.66. The van der Waals surface area contributed by atoms with Gasteiger partial charge >= 0.3 is 6.18 Å². The number of aromatic nitrogens is 2. The number of piperidine rings is 1. The lowest BCUT2D eigenvalue weighted by Crippen LogP contribution is -2.43. The van der Waals surface area contributed by atoms with E-state index in [0.717, 1.165) is 31.5 Å². The summed E-state index contributed by atoms with van der Waals surface area (Å²) >= 11 is 0. The number of hydroxylamine groups is 2. The van der Waals surface area contributed by atoms with Crippen LogP contribution in [0.3, 0.4) is 0 Å². The molecule has 0 aliphatic carbocycles. The number of fused-ring (bicyclic) bond motifs is 1. The lowest BCUT2D eigenvalue weighted by molar-refractivity contribution is -0.168. The lowest BCUT2D eigenvalue weighted by Gasteiger charge is -2.29. The summed E-state index contributed by atoms with van der Waals surface area (Å²) in [6.07, 6.45) is -2.35. The van der Waals surface area contributed by atoms with Crippen LogP contribution in [0.25, 0.3) is 0 Å². The molecule has 13 heteroatoms. The van der Waals surface area contributed by atoms with E-state index in [2.05, 4.69) is 32.5 Å². The molecule has 0 bridgehead atoms. The molecular formula is C29H33F3N6O4. The van der Waals surface area contributed by atoms with Gasteiger partial charge in [0, 0.05) is 37.0 Å². The molecule has 5 rings (SSSR count). The number of nitrogens with one attached hydrogen (secondary N) is 2. The Morgan fingerprint density at radius 3 is 2.62 bits per heavy atom. The van der Waals surface area contributed by atoms with Crippen LogP contribution in [0.5, 0.6) is 17.4 Å². The SMILES string of the molecule is COc1cc(C(=O)NC2CCN(C)CC2)c(C)cc1Nc1ncc(C(F)(F)F)c(Oc2cccc3c2CON(C)C3)n1. The van der Waals surface area contributed by atoms with Crippen LogP contribution in [-0.2, 0) is 24.2 Å². The highest BCUT2D eigenvalue weighted by Crippen LogP contribution is 2.40. The van der Waals surface area contributed by atoms with Crippen molar-refractivity contribution < 1.29 is 32.3 Å². The van der Waals surface area contributed by atoms with Crippen LogP contribution in [0.1, 0.15) is 45.5 Å². The number of ether oxygens (including phenoxy) is 2. The van der Waals surface area contributed by atoms with Gasteiger partial charge in [0.05, 0.1) is 19.4 Å². The number of rotatable bonds is 7. The molecule has 1 amide bonds. The number of benzene rings is 2. The van der Waals surface area contributed by atoms with Crippen molar-refractivity contribution in [2.24, 2.45) is 0 Å². The monoisotopic (exact) mass is 586 g/mol. The maximum atomic E-state index is 13.9. The maximum absolute atomic E-state index is 13.9. The summed E-state index contributed by atoms with van der Waals surface area (Å²) in [5.74, 6) is -0.491. The molecule has 10 nitrogen and oxygen atoms in total. The van der Waals surface area contributed by atoms with Gasteiger partial charge in [-0.05, 0) is 69.2 Å². The Hall–Kier alpha value is -3.94. The van der Waals surface area contributed by atoms with E-state index in [1.54, 1.807) is 43.3 Å². The van der Waals surface area contributed by atoms with Gasteiger partial charge in [-0.1, -0.05) is 12.1 Å². The number of hydrogen-bond acceptors (Lipinski definition) is 9. The molecule has 1 aromatic heterocycles. The molecule has 2 aliphatic rings. The third-order valence-corrected chi connectivity index (χ3v) is 7.41. The largest absolute Gasteiger partial charge is 0.495 e. The van der Waals surface area contributed by atoms with Gasteiger partial charge in [0.25, 0.3) is 5.91 Å². The van der Waals surface area contributed by atoms with Crippen LogP contribution in [0.4, 0.5) is 24.8 Å². The summed E-state index contributed by atoms with van der Waals surface area (Å²) < 4.78 is 53.0. The summed E-state index contributed by atoms with van der Waals surface area (Å²) in [7, 11) is 5.26. The minimum atomic E-state index is -4.75. The number of likely N-dealkylation sites (tertiary alicyclic amines) is 1. The van der Waals surface area contributed by atoms with Crippen LogP contribution in [-0.4, -0.2) is 66.2 Å². The van der Waals surface area contributed by atoms with Crippen molar-refractivity contribution in [3.05, 3.63) is 64.3 Å². The van der Waals surface area contributed by atoms with Crippen LogP contribution in [0.15, 0.2) is 36.5 Å². The van der Waals surface area contributed by atoms with E-state index in [9.17, 15) is 18.0 Å². The molecule has 0 atom stereocenters. The van der Waals surface area contributed by atoms with Crippen molar-refractivity contribution in [1.82, 2.24) is 25.2 Å². The maximum Gasteiger partial charge on any atom is 0.423 e. The van der Waals surface area contributed by atoms with E-state index >= 15 is 0 Å². The molecule has 2 aliphatic heterocycles. The third kappa shape index (κ3) is 6.58. The smallest absolute Gasteiger partial charge is 0.423 e. The first-order valence-corrected chi connectivity index (χ1v) is 13.5. The summed E-state index contributed by atoms with van der Waals surface area (Å²) in [6.45, 7) is 4.20. The average molecular weight is 587 g/mol. The van der Waals surface area contributed by atoms with Gasteiger partial charge in [-0.3, -0.25) is 9.63 Å². The number of carbonyl (C=O) groups is 1. The van der Waals surface area contributed by atoms with E-state index in [-0.39, 0.29) is 30.3 Å². The van der Waals surface area contributed by atoms with Crippen LogP contribution < -0.4 is 20.1 Å². The molecule has 0 spiro atoms. The zero-order chi connectivity index (χ0) is 30.0. The van der Waals surface area contributed by atoms with Crippen molar-refractivity contribution >= 4 is 17.5 Å². The minimum absolute atomic E-state index is 0.0820. The summed E-state index contributed by atoms with van der Waals surface area (Å²) in [5.41, 5.74) is 1.86. The second-order valence-electron chi connectivity index (χ2n) is 10.5. The van der Waals surface area contributed by atoms with Crippen molar-refractivity contribution in [1.29, 1.82) is 0 Å². The van der Waals surface area contributed by atoms with Crippen molar-refractivity contribution in [3.8, 4) is 17.4 Å². The fourth-order valence-corrected chi connectivity index (χ4v) is 5.02. The Labute approximate surface area is 241 Å². The first-order valence-electron chi connectivity index (χ1n) is 13.5. The molecule has 2 aromatic carbocycles. The Kier molecular flexibility index (Phi) is 8.53. The van der Waals surface area contributed by atoms with E-state index in [0.29, 0.717) is 40.9 Å². The fourth-order valence-electron chi connectivity index (χ4n) is 5.02. The van der Waals surface area contributed by atoms with Crippen LogP contribution in [0.2, 0.25) is 0 Å². The molecule has 224 valence electrons. The standard InChI is InChI=1S/C29H33F3N6O4/c1-17-12-23(25(40-4)13-20(17)26(39)34-19-8-10-37(2)11-9-19)35-28-33-14-22(29(30,31)32)27(36-28)42-24-7-5-6-18-15-38(3)41-16-21(18)24/h5-7,12-14,19H,8-11,15-16H2,1-4H3,(H,34,39)(H,33,35,36). The number of anilines is 2. The van der Waals surface area contributed by atoms with E-state index < -0.39 is 17.6 Å². The quantitative estimate of drug-likeness (QED) is 0.394. The number of halogens is 3. The zero-order valence-electron chi connectivity index (χ0n) is 23.8. The highest BCUT2D eigenvalue weighted by molar-refractivity contribution is 5.97. The normalized spacial score (nSPS) is 16.5. The van der Waals surface area contributed by atoms with Crippen molar-refractivity contribution in [3.63, 3.8) is 0 Å². The summed E-state index contributed by atoms with van der Waals surface area (Å²) in [4.78, 5) is 28.8. The van der Waals surface area contributed by atoms with E-state index in [1.165, 1.54) is 7.11 Å². The highest BCUT2D eigenvalue weighted by Gasteiger charge is 2.37. The van der Waals surface area contributed by atoms with Crippen molar-refractivity contribution in [2.75, 3.05) is 39.6 Å². The van der Waals surface area contributed by atoms with Gasteiger partial charge in [-0.25, -0.2) is 4.98 Å². The minimum Gasteiger partial charge on any atom is -0.495 e. The highest BCUT2D eigenvalue weighted by atomic mass is 19.4. The van der Waals surface area contributed by atoms with E-state index in [1.807, 2.05) is 6.07 Å². The van der Waals surface area contributed by atoms with Crippen molar-refractivity contribution in [2.45, 2.75) is 45.1 Å². The van der Waals surface area contributed by atoms with Gasteiger partial charge in [0.2, 0.25) is 11.8 Å². The van der Waals surface area contributed by atoms with Gasteiger partial charge in [0.1, 0.15) is 17.1 Å². The molecule has 0 unspecified atom stereocenters. The number of methoxy groups -OCH3 is 1. The molecule has 3 aromatic rings. The second kappa shape index (κ2) is 12.1. The second-order valence-corrected chi connectivity index (χ2v) is 10.5. The Bertz CT molecular complexity index is 1460. The Morgan fingerprint density at radius 1 is 1.14 bits per heavy atom. The van der Waals surface area contributed by atoms with Crippen LogP contribution in [0, 0.1) is 6.92 Å². The molecular weight excluding hydrogens is 553 g/mol. The molecule has 0 saturated carbocycles. The molecule has 1 saturated heterocycles. The molecule has 1 fully saturated rings. The molecule has 0 radical (unpaired) electrons. The Morgan fingerprint density at radius 2 is 1.90 bits per heavy atom. The van der Waals surface area contributed by atoms with Crippen LogP contribution >= 0.6 is 0 Å². The van der Waals surface area contributed by atoms with Gasteiger partial charge in [-0.15, -0.1) is 0 Å². The fraction of sp³-hybridized carbons (Fsp3) is 0.414. The number of nitrogens with zero attached hydrogens (tertiary/aromatic N) is 4. The summed E-state index contributed by atoms with van der Waals surface area (Å²) in [6, 6.07) is 8.50. The van der Waals surface area contributed by atoms with Gasteiger partial charge in [0.15, 0.2) is 0 Å². The number of alkyl halides is 3. The Balaban J connectivity index is 1.41. The number of carbonyl (C=O) groups excluding carboxylic acids is 1. The lowest BCUT2D eigenvalue weighted by atomic mass is 10.0. The van der Waals surface area contributed by atoms with Gasteiger partial charge in [-0.2, -0.15) is 23.2 Å². The van der Waals surface area contributed by atoms with E-state index in [4.69, 9.17) is 14.3 Å². The third-order valence-electron chi connectivity index (χ3n) is 7.41. The zero-order valence-corrected chi connectivity index (χ0v) is 23.8. The number of amides is 1. The first-order chi connectivity index (χ1) is 20.0. The predicted molar refractivity (Wildman–Crippen MR) is 149 cm³/mol. The average Bonchev–Trinajstić information content (AvgIpc) is 2.94. The molecule has 3 heterocycles. The number of aryl methyl sites for hydroxylation is 1. The topological polar surface area (TPSA) is 101 Å². The predicted octanol–water partition coefficient (Wildman–Crippen LogP) is 5.05. The van der Waals surface area contributed by atoms with Gasteiger partial charge < -0.3 is 25.0 Å². The molecule has 2 N–H and O–H groups in total. The number of hydrogen-bond donors (Lipinski definition) is 2. The molecule has 42 heavy (non-hydrogen) atoms.